The molecule has 2 N–H and O–H groups in total. The van der Waals surface area contributed by atoms with Crippen molar-refractivity contribution in [1.82, 2.24) is 15.5 Å². The number of likely N-dealkylation sites (tertiary alicyclic amines) is 1. The van der Waals surface area contributed by atoms with Crippen molar-refractivity contribution in [3.63, 3.8) is 0 Å². The van der Waals surface area contributed by atoms with Gasteiger partial charge in [-0.1, -0.05) is 37.3 Å². The monoisotopic (exact) mass is 444 g/mol. The standard InChI is InChI=1S/C19H32N4.HI/c1-3-18(23-14-7-8-15-23)16-22-19(20-2)21-13-9-12-17-10-5-4-6-11-17;/h4-6,10-11,18H,3,7-9,12-16H2,1-2H3,(H2,20,21,22);1H. The number of nitrogens with zero attached hydrogens (tertiary/aromatic N) is 2. The summed E-state index contributed by atoms with van der Waals surface area (Å²) in [5, 5.41) is 6.92. The van der Waals surface area contributed by atoms with Gasteiger partial charge in [0.05, 0.1) is 0 Å². The average Bonchev–Trinajstić information content (AvgIpc) is 3.12. The van der Waals surface area contributed by atoms with Crippen molar-refractivity contribution < 1.29 is 0 Å². The van der Waals surface area contributed by atoms with Gasteiger partial charge in [-0.3, -0.25) is 9.89 Å². The third-order valence-corrected chi connectivity index (χ3v) is 4.63. The lowest BCUT2D eigenvalue weighted by Gasteiger charge is -2.27. The molecule has 1 unspecified atom stereocenters. The van der Waals surface area contributed by atoms with Crippen LogP contribution in [0.25, 0.3) is 0 Å². The summed E-state index contributed by atoms with van der Waals surface area (Å²) in [6, 6.07) is 11.3. The first-order chi connectivity index (χ1) is 11.3. The molecule has 0 aromatic heterocycles. The van der Waals surface area contributed by atoms with Gasteiger partial charge in [0.1, 0.15) is 0 Å². The summed E-state index contributed by atoms with van der Waals surface area (Å²) >= 11 is 0. The minimum atomic E-state index is 0. The zero-order valence-corrected chi connectivity index (χ0v) is 17.5. The fourth-order valence-electron chi connectivity index (χ4n) is 3.22. The summed E-state index contributed by atoms with van der Waals surface area (Å²) < 4.78 is 0. The first-order valence-corrected chi connectivity index (χ1v) is 9.06. The van der Waals surface area contributed by atoms with Gasteiger partial charge in [0.25, 0.3) is 0 Å². The van der Waals surface area contributed by atoms with E-state index in [-0.39, 0.29) is 24.0 Å². The van der Waals surface area contributed by atoms with E-state index < -0.39 is 0 Å². The number of guanidine groups is 1. The number of hydrogen-bond donors (Lipinski definition) is 2. The van der Waals surface area contributed by atoms with E-state index in [1.54, 1.807) is 0 Å². The first kappa shape index (κ1) is 21.2. The van der Waals surface area contributed by atoms with Crippen LogP contribution in [-0.4, -0.2) is 50.1 Å². The fourth-order valence-corrected chi connectivity index (χ4v) is 3.22. The Labute approximate surface area is 164 Å². The zero-order chi connectivity index (χ0) is 16.3. The largest absolute Gasteiger partial charge is 0.356 e. The van der Waals surface area contributed by atoms with Crippen LogP contribution in [0.4, 0.5) is 0 Å². The predicted octanol–water partition coefficient (Wildman–Crippen LogP) is 3.28. The molecule has 1 fully saturated rings. The Hall–Kier alpha value is -0.820. The molecule has 0 bridgehead atoms. The van der Waals surface area contributed by atoms with Crippen LogP contribution in [0.2, 0.25) is 0 Å². The Balaban J connectivity index is 0.00000288. The SMILES string of the molecule is CCC(CNC(=NC)NCCCc1ccccc1)N1CCCC1.I. The van der Waals surface area contributed by atoms with Crippen molar-refractivity contribution in [3.05, 3.63) is 35.9 Å². The smallest absolute Gasteiger partial charge is 0.191 e. The number of benzene rings is 1. The lowest BCUT2D eigenvalue weighted by atomic mass is 10.1. The molecule has 1 aromatic carbocycles. The summed E-state index contributed by atoms with van der Waals surface area (Å²) in [6.45, 7) is 6.72. The van der Waals surface area contributed by atoms with Crippen LogP contribution in [0.1, 0.15) is 38.2 Å². The Kier molecular flexibility index (Phi) is 11.1. The summed E-state index contributed by atoms with van der Waals surface area (Å²) in [6.07, 6.45) is 6.12. The van der Waals surface area contributed by atoms with E-state index in [0.29, 0.717) is 6.04 Å². The quantitative estimate of drug-likeness (QED) is 0.280. The number of aliphatic imine (C=N–C) groups is 1. The molecule has 1 atom stereocenters. The fraction of sp³-hybridized carbons (Fsp3) is 0.632. The second kappa shape index (κ2) is 12.5. The van der Waals surface area contributed by atoms with Gasteiger partial charge in [0.2, 0.25) is 0 Å². The lowest BCUT2D eigenvalue weighted by molar-refractivity contribution is 0.236. The highest BCUT2D eigenvalue weighted by atomic mass is 127. The van der Waals surface area contributed by atoms with Gasteiger partial charge in [-0.15, -0.1) is 24.0 Å². The highest BCUT2D eigenvalue weighted by molar-refractivity contribution is 14.0. The second-order valence-electron chi connectivity index (χ2n) is 6.27. The number of rotatable bonds is 8. The summed E-state index contributed by atoms with van der Waals surface area (Å²) in [5.74, 6) is 0.927. The molecule has 0 saturated carbocycles. The van der Waals surface area contributed by atoms with Gasteiger partial charge < -0.3 is 10.6 Å². The normalized spacial score (nSPS) is 16.5. The van der Waals surface area contributed by atoms with E-state index in [0.717, 1.165) is 31.9 Å². The summed E-state index contributed by atoms with van der Waals surface area (Å²) in [4.78, 5) is 6.95. The molecule has 1 heterocycles. The van der Waals surface area contributed by atoms with Crippen LogP contribution in [0, 0.1) is 0 Å². The molecule has 0 aliphatic carbocycles. The minimum Gasteiger partial charge on any atom is -0.356 e. The maximum atomic E-state index is 4.34. The number of aryl methyl sites for hydroxylation is 1. The van der Waals surface area contributed by atoms with E-state index in [4.69, 9.17) is 0 Å². The molecular formula is C19H33IN4. The predicted molar refractivity (Wildman–Crippen MR) is 114 cm³/mol. The molecule has 24 heavy (non-hydrogen) atoms. The number of nitrogens with one attached hydrogen (secondary N) is 2. The Morgan fingerprint density at radius 2 is 1.88 bits per heavy atom. The first-order valence-electron chi connectivity index (χ1n) is 9.06. The Bertz CT molecular complexity index is 458. The van der Waals surface area contributed by atoms with Crippen molar-refractivity contribution in [1.29, 1.82) is 0 Å². The minimum absolute atomic E-state index is 0. The zero-order valence-electron chi connectivity index (χ0n) is 15.1. The van der Waals surface area contributed by atoms with Crippen LogP contribution in [0.5, 0.6) is 0 Å². The third-order valence-electron chi connectivity index (χ3n) is 4.63. The molecule has 0 radical (unpaired) electrons. The van der Waals surface area contributed by atoms with Crippen LogP contribution in [0.3, 0.4) is 0 Å². The van der Waals surface area contributed by atoms with E-state index in [1.165, 1.54) is 37.9 Å². The van der Waals surface area contributed by atoms with Gasteiger partial charge in [0, 0.05) is 26.2 Å². The van der Waals surface area contributed by atoms with Gasteiger partial charge in [-0.25, -0.2) is 0 Å². The van der Waals surface area contributed by atoms with Crippen LogP contribution in [-0.2, 0) is 6.42 Å². The average molecular weight is 444 g/mol. The van der Waals surface area contributed by atoms with Crippen LogP contribution in [0.15, 0.2) is 35.3 Å². The van der Waals surface area contributed by atoms with Crippen molar-refractivity contribution >= 4 is 29.9 Å². The van der Waals surface area contributed by atoms with Crippen molar-refractivity contribution in [2.75, 3.05) is 33.2 Å². The van der Waals surface area contributed by atoms with Crippen molar-refractivity contribution in [2.45, 2.75) is 45.1 Å². The molecule has 1 aromatic rings. The van der Waals surface area contributed by atoms with Gasteiger partial charge >= 0.3 is 0 Å². The van der Waals surface area contributed by atoms with E-state index in [9.17, 15) is 0 Å². The Morgan fingerprint density at radius 1 is 1.17 bits per heavy atom. The highest BCUT2D eigenvalue weighted by Gasteiger charge is 2.20. The Morgan fingerprint density at radius 3 is 2.50 bits per heavy atom. The topological polar surface area (TPSA) is 39.7 Å². The molecule has 1 aliphatic rings. The van der Waals surface area contributed by atoms with Gasteiger partial charge in [-0.05, 0) is 50.8 Å². The van der Waals surface area contributed by atoms with Crippen LogP contribution >= 0.6 is 24.0 Å². The molecule has 2 rings (SSSR count). The lowest BCUT2D eigenvalue weighted by Crippen LogP contribution is -2.46. The molecule has 0 amide bonds. The number of halogens is 1. The molecule has 5 heteroatoms. The van der Waals surface area contributed by atoms with E-state index in [1.807, 2.05) is 7.05 Å². The number of hydrogen-bond acceptors (Lipinski definition) is 2. The van der Waals surface area contributed by atoms with Crippen molar-refractivity contribution in [3.8, 4) is 0 Å². The summed E-state index contributed by atoms with van der Waals surface area (Å²) in [7, 11) is 1.85. The maximum Gasteiger partial charge on any atom is 0.191 e. The third kappa shape index (κ3) is 7.38. The molecule has 1 saturated heterocycles. The second-order valence-corrected chi connectivity index (χ2v) is 6.27. The van der Waals surface area contributed by atoms with E-state index >= 15 is 0 Å². The molecule has 1 aliphatic heterocycles. The van der Waals surface area contributed by atoms with Crippen LogP contribution < -0.4 is 10.6 Å². The van der Waals surface area contributed by atoms with Crippen molar-refractivity contribution in [2.24, 2.45) is 4.99 Å². The molecule has 4 nitrogen and oxygen atoms in total. The van der Waals surface area contributed by atoms with Gasteiger partial charge in [-0.2, -0.15) is 0 Å². The van der Waals surface area contributed by atoms with E-state index in [2.05, 4.69) is 57.8 Å². The molecular weight excluding hydrogens is 411 g/mol. The highest BCUT2D eigenvalue weighted by Crippen LogP contribution is 2.13. The molecule has 136 valence electrons. The summed E-state index contributed by atoms with van der Waals surface area (Å²) in [5.41, 5.74) is 1.40. The molecule has 0 spiro atoms. The van der Waals surface area contributed by atoms with Gasteiger partial charge in [0.15, 0.2) is 5.96 Å². The maximum absolute atomic E-state index is 4.34.